The summed E-state index contributed by atoms with van der Waals surface area (Å²) in [5, 5.41) is 0.535. The third kappa shape index (κ3) is 2.77. The smallest absolute Gasteiger partial charge is 0.270 e. The van der Waals surface area contributed by atoms with E-state index >= 15 is 0 Å². The van der Waals surface area contributed by atoms with Crippen molar-refractivity contribution in [3.05, 3.63) is 53.2 Å². The van der Waals surface area contributed by atoms with Gasteiger partial charge < -0.3 is 4.74 Å². The number of halogens is 1. The number of rotatable bonds is 3. The van der Waals surface area contributed by atoms with Crippen molar-refractivity contribution < 1.29 is 9.53 Å². The lowest BCUT2D eigenvalue weighted by Crippen LogP contribution is -2.30. The van der Waals surface area contributed by atoms with Gasteiger partial charge in [-0.15, -0.1) is 0 Å². The standard InChI is InChI=1S/C12H10ClN3O2/c13-8-3-1-4-9(7-8)18-12-10(11(17)16-14)5-2-6-15-12/h1-7H,14H2,(H,16,17). The van der Waals surface area contributed by atoms with Crippen molar-refractivity contribution in [3.63, 3.8) is 0 Å². The van der Waals surface area contributed by atoms with Gasteiger partial charge >= 0.3 is 0 Å². The van der Waals surface area contributed by atoms with Crippen LogP contribution < -0.4 is 16.0 Å². The summed E-state index contributed by atoms with van der Waals surface area (Å²) in [7, 11) is 0. The van der Waals surface area contributed by atoms with Crippen LogP contribution in [0.15, 0.2) is 42.6 Å². The Morgan fingerprint density at radius 1 is 1.33 bits per heavy atom. The molecule has 3 N–H and O–H groups in total. The minimum atomic E-state index is -0.472. The van der Waals surface area contributed by atoms with Crippen molar-refractivity contribution in [2.45, 2.75) is 0 Å². The summed E-state index contributed by atoms with van der Waals surface area (Å²) in [6.07, 6.45) is 1.52. The maximum atomic E-state index is 11.5. The fourth-order valence-corrected chi connectivity index (χ4v) is 1.55. The van der Waals surface area contributed by atoms with Crippen LogP contribution in [0.3, 0.4) is 0 Å². The molecule has 0 bridgehead atoms. The van der Waals surface area contributed by atoms with Gasteiger partial charge in [0.1, 0.15) is 11.3 Å². The number of carbonyl (C=O) groups is 1. The van der Waals surface area contributed by atoms with Crippen LogP contribution in [0.4, 0.5) is 0 Å². The number of nitrogens with zero attached hydrogens (tertiary/aromatic N) is 1. The first-order chi connectivity index (χ1) is 8.70. The maximum absolute atomic E-state index is 11.5. The van der Waals surface area contributed by atoms with E-state index in [1.54, 1.807) is 36.4 Å². The van der Waals surface area contributed by atoms with E-state index in [0.29, 0.717) is 10.8 Å². The summed E-state index contributed by atoms with van der Waals surface area (Å²) in [6.45, 7) is 0. The molecule has 1 heterocycles. The number of hydrazine groups is 1. The van der Waals surface area contributed by atoms with E-state index in [1.165, 1.54) is 6.20 Å². The van der Waals surface area contributed by atoms with Crippen LogP contribution in [-0.2, 0) is 0 Å². The molecular formula is C12H10ClN3O2. The Morgan fingerprint density at radius 3 is 2.89 bits per heavy atom. The molecule has 6 heteroatoms. The third-order valence-electron chi connectivity index (χ3n) is 2.16. The Labute approximate surface area is 109 Å². The molecule has 0 radical (unpaired) electrons. The largest absolute Gasteiger partial charge is 0.438 e. The molecule has 0 aliphatic carbocycles. The highest BCUT2D eigenvalue weighted by Gasteiger charge is 2.12. The van der Waals surface area contributed by atoms with Crippen molar-refractivity contribution in [2.24, 2.45) is 5.84 Å². The molecule has 0 unspecified atom stereocenters. The number of nitrogen functional groups attached to an aromatic ring is 1. The lowest BCUT2D eigenvalue weighted by atomic mass is 10.2. The van der Waals surface area contributed by atoms with Crippen molar-refractivity contribution in [3.8, 4) is 11.6 Å². The van der Waals surface area contributed by atoms with Gasteiger partial charge in [0.2, 0.25) is 5.88 Å². The minimum Gasteiger partial charge on any atom is -0.438 e. The molecule has 1 amide bonds. The molecule has 1 aromatic heterocycles. The Morgan fingerprint density at radius 2 is 2.17 bits per heavy atom. The second kappa shape index (κ2) is 5.48. The van der Waals surface area contributed by atoms with Crippen LogP contribution in [0.2, 0.25) is 5.02 Å². The number of nitrogens with one attached hydrogen (secondary N) is 1. The number of carbonyl (C=O) groups excluding carboxylic acids is 1. The lowest BCUT2D eigenvalue weighted by molar-refractivity contribution is 0.0950. The first kappa shape index (κ1) is 12.3. The van der Waals surface area contributed by atoms with Gasteiger partial charge in [-0.3, -0.25) is 10.2 Å². The van der Waals surface area contributed by atoms with Crippen LogP contribution in [0.5, 0.6) is 11.6 Å². The van der Waals surface area contributed by atoms with E-state index in [2.05, 4.69) is 4.98 Å². The van der Waals surface area contributed by atoms with E-state index in [0.717, 1.165) is 0 Å². The van der Waals surface area contributed by atoms with E-state index in [4.69, 9.17) is 22.2 Å². The molecule has 0 fully saturated rings. The predicted molar refractivity (Wildman–Crippen MR) is 67.4 cm³/mol. The fourth-order valence-electron chi connectivity index (χ4n) is 1.36. The van der Waals surface area contributed by atoms with E-state index in [1.807, 2.05) is 5.43 Å². The molecule has 5 nitrogen and oxygen atoms in total. The quantitative estimate of drug-likeness (QED) is 0.505. The van der Waals surface area contributed by atoms with Gasteiger partial charge in [0.15, 0.2) is 0 Å². The molecule has 92 valence electrons. The zero-order valence-electron chi connectivity index (χ0n) is 9.26. The van der Waals surface area contributed by atoms with Gasteiger partial charge in [-0.1, -0.05) is 17.7 Å². The lowest BCUT2D eigenvalue weighted by Gasteiger charge is -2.08. The molecule has 0 atom stereocenters. The number of pyridine rings is 1. The average molecular weight is 264 g/mol. The summed E-state index contributed by atoms with van der Waals surface area (Å²) in [4.78, 5) is 15.5. The summed E-state index contributed by atoms with van der Waals surface area (Å²) < 4.78 is 5.50. The maximum Gasteiger partial charge on any atom is 0.270 e. The molecule has 1 aromatic carbocycles. The highest BCUT2D eigenvalue weighted by Crippen LogP contribution is 2.24. The number of benzene rings is 1. The number of amides is 1. The summed E-state index contributed by atoms with van der Waals surface area (Å²) in [5.41, 5.74) is 2.28. The molecule has 0 saturated carbocycles. The number of hydrogen-bond donors (Lipinski definition) is 2. The number of hydrogen-bond acceptors (Lipinski definition) is 4. The molecule has 18 heavy (non-hydrogen) atoms. The van der Waals surface area contributed by atoms with Crippen LogP contribution in [0, 0.1) is 0 Å². The van der Waals surface area contributed by atoms with Gasteiger partial charge in [0.25, 0.3) is 5.91 Å². The second-order valence-electron chi connectivity index (χ2n) is 3.39. The zero-order chi connectivity index (χ0) is 13.0. The second-order valence-corrected chi connectivity index (χ2v) is 3.83. The van der Waals surface area contributed by atoms with E-state index in [9.17, 15) is 4.79 Å². The van der Waals surface area contributed by atoms with Crippen molar-refractivity contribution >= 4 is 17.5 Å². The van der Waals surface area contributed by atoms with Crippen LogP contribution in [0.25, 0.3) is 0 Å². The summed E-state index contributed by atoms with van der Waals surface area (Å²) >= 11 is 5.84. The minimum absolute atomic E-state index is 0.169. The van der Waals surface area contributed by atoms with Crippen molar-refractivity contribution in [1.82, 2.24) is 10.4 Å². The number of nitrogens with two attached hydrogens (primary N) is 1. The van der Waals surface area contributed by atoms with Crippen LogP contribution in [0.1, 0.15) is 10.4 Å². The Hall–Kier alpha value is -2.11. The van der Waals surface area contributed by atoms with Crippen molar-refractivity contribution in [1.29, 1.82) is 0 Å². The zero-order valence-corrected chi connectivity index (χ0v) is 10.0. The Kier molecular flexibility index (Phi) is 3.76. The first-order valence-corrected chi connectivity index (χ1v) is 5.48. The molecular weight excluding hydrogens is 254 g/mol. The number of aromatic nitrogens is 1. The highest BCUT2D eigenvalue weighted by molar-refractivity contribution is 6.30. The van der Waals surface area contributed by atoms with Crippen LogP contribution in [-0.4, -0.2) is 10.9 Å². The molecule has 2 aromatic rings. The molecule has 0 spiro atoms. The van der Waals surface area contributed by atoms with Gasteiger partial charge in [-0.05, 0) is 30.3 Å². The summed E-state index contributed by atoms with van der Waals surface area (Å²) in [6, 6.07) is 9.99. The predicted octanol–water partition coefficient (Wildman–Crippen LogP) is 2.13. The Bertz CT molecular complexity index is 575. The molecule has 0 saturated heterocycles. The topological polar surface area (TPSA) is 77.2 Å². The van der Waals surface area contributed by atoms with Crippen LogP contribution >= 0.6 is 11.6 Å². The summed E-state index contributed by atoms with van der Waals surface area (Å²) in [5.74, 6) is 5.28. The van der Waals surface area contributed by atoms with Crippen molar-refractivity contribution in [2.75, 3.05) is 0 Å². The van der Waals surface area contributed by atoms with Gasteiger partial charge in [0.05, 0.1) is 0 Å². The molecule has 0 aliphatic rings. The first-order valence-electron chi connectivity index (χ1n) is 5.10. The SMILES string of the molecule is NNC(=O)c1cccnc1Oc1cccc(Cl)c1. The average Bonchev–Trinajstić information content (AvgIpc) is 2.38. The fraction of sp³-hybridized carbons (Fsp3) is 0. The number of ether oxygens (including phenoxy) is 1. The monoisotopic (exact) mass is 263 g/mol. The highest BCUT2D eigenvalue weighted by atomic mass is 35.5. The van der Waals surface area contributed by atoms with Gasteiger partial charge in [0, 0.05) is 11.2 Å². The molecule has 2 rings (SSSR count). The van der Waals surface area contributed by atoms with E-state index in [-0.39, 0.29) is 11.4 Å². The van der Waals surface area contributed by atoms with E-state index < -0.39 is 5.91 Å². The molecule has 0 aliphatic heterocycles. The van der Waals surface area contributed by atoms with Gasteiger partial charge in [-0.2, -0.15) is 0 Å². The normalized spacial score (nSPS) is 9.89. The Balaban J connectivity index is 2.32. The van der Waals surface area contributed by atoms with Gasteiger partial charge in [-0.25, -0.2) is 10.8 Å². The third-order valence-corrected chi connectivity index (χ3v) is 2.39.